The summed E-state index contributed by atoms with van der Waals surface area (Å²) in [4.78, 5) is 31.6. The molecular formula is C28H25N3O4. The molecule has 0 spiro atoms. The number of rotatable bonds is 5. The Morgan fingerprint density at radius 3 is 2.49 bits per heavy atom. The molecule has 2 aromatic carbocycles. The molecule has 0 radical (unpaired) electrons. The number of hydrogen-bond donors (Lipinski definition) is 1. The van der Waals surface area contributed by atoms with Gasteiger partial charge in [0.2, 0.25) is 0 Å². The number of aromatic nitrogens is 1. The first kappa shape index (κ1) is 21.6. The van der Waals surface area contributed by atoms with Crippen molar-refractivity contribution in [2.45, 2.75) is 18.9 Å². The molecule has 0 atom stereocenters. The van der Waals surface area contributed by atoms with E-state index in [2.05, 4.69) is 10.3 Å². The fourth-order valence-electron chi connectivity index (χ4n) is 4.36. The molecular weight excluding hydrogens is 442 g/mol. The summed E-state index contributed by atoms with van der Waals surface area (Å²) < 4.78 is 11.6. The third kappa shape index (κ3) is 4.42. The van der Waals surface area contributed by atoms with Crippen LogP contribution in [0.25, 0.3) is 33.6 Å². The lowest BCUT2D eigenvalue weighted by molar-refractivity contribution is 0.0303. The number of carbonyl (C=O) groups excluding carboxylic acids is 2. The molecule has 6 rings (SSSR count). The van der Waals surface area contributed by atoms with Gasteiger partial charge >= 0.3 is 0 Å². The molecule has 4 aromatic rings. The van der Waals surface area contributed by atoms with Crippen LogP contribution in [0.15, 0.2) is 71.3 Å². The van der Waals surface area contributed by atoms with Crippen molar-refractivity contribution in [1.29, 1.82) is 0 Å². The van der Waals surface area contributed by atoms with Gasteiger partial charge in [-0.05, 0) is 48.7 Å². The Kier molecular flexibility index (Phi) is 5.54. The third-order valence-electron chi connectivity index (χ3n) is 6.47. The number of nitrogens with one attached hydrogen (secondary N) is 1. The van der Waals surface area contributed by atoms with Crippen molar-refractivity contribution < 1.29 is 18.7 Å². The first-order valence-electron chi connectivity index (χ1n) is 11.9. The zero-order chi connectivity index (χ0) is 23.8. The summed E-state index contributed by atoms with van der Waals surface area (Å²) in [5, 5.41) is 3.00. The lowest BCUT2D eigenvalue weighted by atomic mass is 10.0. The zero-order valence-electron chi connectivity index (χ0n) is 19.2. The number of ether oxygens (including phenoxy) is 1. The van der Waals surface area contributed by atoms with E-state index >= 15 is 0 Å². The number of hydrogen-bond acceptors (Lipinski definition) is 5. The van der Waals surface area contributed by atoms with Gasteiger partial charge in [0.15, 0.2) is 5.58 Å². The summed E-state index contributed by atoms with van der Waals surface area (Å²) in [6, 6.07) is 19.2. The maximum absolute atomic E-state index is 13.0. The second-order valence-corrected chi connectivity index (χ2v) is 8.99. The van der Waals surface area contributed by atoms with E-state index in [1.807, 2.05) is 65.6 Å². The number of furan rings is 1. The fraction of sp³-hybridized carbons (Fsp3) is 0.250. The molecule has 2 aliphatic rings. The highest BCUT2D eigenvalue weighted by Crippen LogP contribution is 2.34. The van der Waals surface area contributed by atoms with E-state index in [1.165, 1.54) is 0 Å². The highest BCUT2D eigenvalue weighted by molar-refractivity contribution is 5.98. The van der Waals surface area contributed by atoms with Crippen LogP contribution in [0, 0.1) is 0 Å². The highest BCUT2D eigenvalue weighted by atomic mass is 16.5. The van der Waals surface area contributed by atoms with Gasteiger partial charge in [0, 0.05) is 53.6 Å². The van der Waals surface area contributed by atoms with Crippen LogP contribution in [-0.4, -0.2) is 54.0 Å². The summed E-state index contributed by atoms with van der Waals surface area (Å²) in [5.41, 5.74) is 5.31. The normalized spacial score (nSPS) is 15.8. The van der Waals surface area contributed by atoms with E-state index in [0.29, 0.717) is 54.8 Å². The van der Waals surface area contributed by atoms with Gasteiger partial charge in [-0.1, -0.05) is 24.3 Å². The number of morpholine rings is 1. The lowest BCUT2D eigenvalue weighted by Gasteiger charge is -2.27. The molecule has 2 amide bonds. The first-order chi connectivity index (χ1) is 17.2. The van der Waals surface area contributed by atoms with Crippen LogP contribution in [0.1, 0.15) is 33.6 Å². The Morgan fingerprint density at radius 2 is 1.71 bits per heavy atom. The molecule has 2 aromatic heterocycles. The van der Waals surface area contributed by atoms with Gasteiger partial charge < -0.3 is 19.4 Å². The van der Waals surface area contributed by atoms with Crippen LogP contribution in [0.4, 0.5) is 0 Å². The minimum Gasteiger partial charge on any atom is -0.454 e. The standard InChI is InChI=1S/C28H25N3O4/c32-27(30-22-8-9-22)19-6-4-18(5-7-19)25-17-24-26(35-25)23(10-11-29-24)20-2-1-3-21(16-20)28(33)31-12-14-34-15-13-31/h1-7,10-11,16-17,22H,8-9,12-15H2,(H,30,32). The van der Waals surface area contributed by atoms with Gasteiger partial charge in [-0.3, -0.25) is 14.6 Å². The smallest absolute Gasteiger partial charge is 0.254 e. The summed E-state index contributed by atoms with van der Waals surface area (Å²) in [6.45, 7) is 2.34. The number of carbonyl (C=O) groups is 2. The van der Waals surface area contributed by atoms with Crippen molar-refractivity contribution in [3.8, 4) is 22.5 Å². The van der Waals surface area contributed by atoms with Gasteiger partial charge in [-0.2, -0.15) is 0 Å². The fourth-order valence-corrected chi connectivity index (χ4v) is 4.36. The summed E-state index contributed by atoms with van der Waals surface area (Å²) in [6.07, 6.45) is 3.86. The minimum absolute atomic E-state index is 0.00592. The second kappa shape index (κ2) is 9.00. The van der Waals surface area contributed by atoms with E-state index in [1.54, 1.807) is 6.20 Å². The Bertz CT molecular complexity index is 1400. The SMILES string of the molecule is O=C(NC1CC1)c1ccc(-c2cc3nccc(-c4cccc(C(=O)N5CCOCC5)c4)c3o2)cc1. The van der Waals surface area contributed by atoms with Crippen molar-refractivity contribution in [3.05, 3.63) is 78.0 Å². The summed E-state index contributed by atoms with van der Waals surface area (Å²) in [5.74, 6) is 0.639. The number of nitrogens with zero attached hydrogens (tertiary/aromatic N) is 2. The Hall–Kier alpha value is -3.97. The van der Waals surface area contributed by atoms with Gasteiger partial charge in [-0.25, -0.2) is 0 Å². The molecule has 35 heavy (non-hydrogen) atoms. The van der Waals surface area contributed by atoms with E-state index in [4.69, 9.17) is 9.15 Å². The van der Waals surface area contributed by atoms with Crippen molar-refractivity contribution >= 4 is 22.9 Å². The maximum atomic E-state index is 13.0. The van der Waals surface area contributed by atoms with Crippen LogP contribution < -0.4 is 5.32 Å². The lowest BCUT2D eigenvalue weighted by Crippen LogP contribution is -2.40. The van der Waals surface area contributed by atoms with Crippen LogP contribution in [-0.2, 0) is 4.74 Å². The number of pyridine rings is 1. The number of fused-ring (bicyclic) bond motifs is 1. The average Bonchev–Trinajstić information content (AvgIpc) is 3.62. The Balaban J connectivity index is 1.29. The molecule has 1 saturated heterocycles. The minimum atomic E-state index is -0.0425. The Labute approximate surface area is 202 Å². The van der Waals surface area contributed by atoms with Crippen molar-refractivity contribution in [2.75, 3.05) is 26.3 Å². The molecule has 0 unspecified atom stereocenters. The van der Waals surface area contributed by atoms with Crippen LogP contribution >= 0.6 is 0 Å². The van der Waals surface area contributed by atoms with Gasteiger partial charge in [-0.15, -0.1) is 0 Å². The number of benzene rings is 2. The molecule has 7 nitrogen and oxygen atoms in total. The first-order valence-corrected chi connectivity index (χ1v) is 11.9. The summed E-state index contributed by atoms with van der Waals surface area (Å²) >= 11 is 0. The summed E-state index contributed by atoms with van der Waals surface area (Å²) in [7, 11) is 0. The predicted molar refractivity (Wildman–Crippen MR) is 132 cm³/mol. The average molecular weight is 468 g/mol. The largest absolute Gasteiger partial charge is 0.454 e. The van der Waals surface area contributed by atoms with Gasteiger partial charge in [0.25, 0.3) is 11.8 Å². The Morgan fingerprint density at radius 1 is 0.914 bits per heavy atom. The van der Waals surface area contributed by atoms with Crippen molar-refractivity contribution in [2.24, 2.45) is 0 Å². The maximum Gasteiger partial charge on any atom is 0.254 e. The van der Waals surface area contributed by atoms with Crippen molar-refractivity contribution in [3.63, 3.8) is 0 Å². The molecule has 1 aliphatic carbocycles. The van der Waals surface area contributed by atoms with E-state index in [0.717, 1.165) is 35.0 Å². The van der Waals surface area contributed by atoms with Crippen LogP contribution in [0.2, 0.25) is 0 Å². The third-order valence-corrected chi connectivity index (χ3v) is 6.47. The van der Waals surface area contributed by atoms with Gasteiger partial charge in [0.05, 0.1) is 13.2 Å². The van der Waals surface area contributed by atoms with Crippen LogP contribution in [0.3, 0.4) is 0 Å². The quantitative estimate of drug-likeness (QED) is 0.466. The molecule has 1 aliphatic heterocycles. The molecule has 0 bridgehead atoms. The molecule has 7 heteroatoms. The molecule has 176 valence electrons. The molecule has 2 fully saturated rings. The zero-order valence-corrected chi connectivity index (χ0v) is 19.2. The monoisotopic (exact) mass is 467 g/mol. The van der Waals surface area contributed by atoms with Crippen molar-refractivity contribution in [1.82, 2.24) is 15.2 Å². The van der Waals surface area contributed by atoms with E-state index < -0.39 is 0 Å². The van der Waals surface area contributed by atoms with Gasteiger partial charge in [0.1, 0.15) is 11.3 Å². The number of amides is 2. The topological polar surface area (TPSA) is 84.7 Å². The molecule has 3 heterocycles. The molecule has 1 N–H and O–H groups in total. The molecule has 1 saturated carbocycles. The highest BCUT2D eigenvalue weighted by Gasteiger charge is 2.24. The second-order valence-electron chi connectivity index (χ2n) is 8.99. The van der Waals surface area contributed by atoms with E-state index in [9.17, 15) is 9.59 Å². The van der Waals surface area contributed by atoms with Crippen LogP contribution in [0.5, 0.6) is 0 Å². The predicted octanol–water partition coefficient (Wildman–Crippen LogP) is 4.53. The van der Waals surface area contributed by atoms with E-state index in [-0.39, 0.29) is 11.8 Å².